The molecule has 0 amide bonds. The fourth-order valence-corrected chi connectivity index (χ4v) is 1.89. The summed E-state index contributed by atoms with van der Waals surface area (Å²) in [5, 5.41) is 0. The Bertz CT molecular complexity index is 360. The Morgan fingerprint density at radius 3 is 2.05 bits per heavy atom. The zero-order chi connectivity index (χ0) is 14.5. The molecule has 1 unspecified atom stereocenters. The monoisotopic (exact) mass is 264 g/mol. The van der Waals surface area contributed by atoms with E-state index in [4.69, 9.17) is 9.47 Å². The maximum absolute atomic E-state index is 5.89. The van der Waals surface area contributed by atoms with Gasteiger partial charge in [-0.3, -0.25) is 0 Å². The van der Waals surface area contributed by atoms with Crippen molar-refractivity contribution in [2.45, 2.75) is 53.8 Å². The van der Waals surface area contributed by atoms with Crippen LogP contribution in [0.5, 0.6) is 5.75 Å². The molecule has 0 aromatic heterocycles. The van der Waals surface area contributed by atoms with Gasteiger partial charge in [-0.05, 0) is 36.5 Å². The van der Waals surface area contributed by atoms with Gasteiger partial charge >= 0.3 is 0 Å². The van der Waals surface area contributed by atoms with Crippen molar-refractivity contribution >= 4 is 0 Å². The molecule has 1 aromatic carbocycles. The van der Waals surface area contributed by atoms with E-state index in [-0.39, 0.29) is 11.7 Å². The second-order valence-electron chi connectivity index (χ2n) is 6.63. The highest BCUT2D eigenvalue weighted by Crippen LogP contribution is 2.25. The summed E-state index contributed by atoms with van der Waals surface area (Å²) < 4.78 is 11.3. The third kappa shape index (κ3) is 5.65. The summed E-state index contributed by atoms with van der Waals surface area (Å²) in [4.78, 5) is 0. The molecule has 0 fully saturated rings. The Morgan fingerprint density at radius 2 is 1.63 bits per heavy atom. The van der Waals surface area contributed by atoms with Crippen LogP contribution >= 0.6 is 0 Å². The van der Waals surface area contributed by atoms with Crippen LogP contribution < -0.4 is 4.74 Å². The summed E-state index contributed by atoms with van der Waals surface area (Å²) in [5.74, 6) is 1.62. The maximum atomic E-state index is 5.89. The molecule has 0 saturated heterocycles. The molecule has 19 heavy (non-hydrogen) atoms. The molecule has 1 aromatic rings. The summed E-state index contributed by atoms with van der Waals surface area (Å²) in [6.07, 6.45) is 2.13. The second-order valence-corrected chi connectivity index (χ2v) is 6.63. The first-order valence-corrected chi connectivity index (χ1v) is 7.11. The lowest BCUT2D eigenvalue weighted by atomic mass is 9.96. The van der Waals surface area contributed by atoms with E-state index >= 15 is 0 Å². The van der Waals surface area contributed by atoms with E-state index in [1.807, 2.05) is 12.1 Å². The standard InChI is InChI=1S/C17H28O2/c1-13(2)7-8-14-9-11-15(12-10-14)19-16(18-6)17(3,4)5/h9-13,16H,7-8H2,1-6H3. The zero-order valence-electron chi connectivity index (χ0n) is 13.2. The van der Waals surface area contributed by atoms with Crippen LogP contribution in [0.4, 0.5) is 0 Å². The fraction of sp³-hybridized carbons (Fsp3) is 0.647. The van der Waals surface area contributed by atoms with Crippen molar-refractivity contribution in [2.75, 3.05) is 7.11 Å². The van der Waals surface area contributed by atoms with Crippen LogP contribution in [0, 0.1) is 11.3 Å². The molecule has 0 spiro atoms. The van der Waals surface area contributed by atoms with Crippen LogP contribution in [0.25, 0.3) is 0 Å². The molecule has 0 aliphatic heterocycles. The number of rotatable bonds is 6. The molecule has 2 nitrogen and oxygen atoms in total. The second kappa shape index (κ2) is 6.95. The molecule has 1 rings (SSSR count). The molecular formula is C17H28O2. The van der Waals surface area contributed by atoms with E-state index in [0.717, 1.165) is 18.1 Å². The van der Waals surface area contributed by atoms with Crippen molar-refractivity contribution in [2.24, 2.45) is 11.3 Å². The van der Waals surface area contributed by atoms with E-state index in [1.165, 1.54) is 12.0 Å². The van der Waals surface area contributed by atoms with Gasteiger partial charge in [0, 0.05) is 12.5 Å². The van der Waals surface area contributed by atoms with Crippen LogP contribution in [-0.4, -0.2) is 13.4 Å². The normalized spacial score (nSPS) is 13.6. The Morgan fingerprint density at radius 1 is 1.05 bits per heavy atom. The summed E-state index contributed by atoms with van der Waals surface area (Å²) >= 11 is 0. The van der Waals surface area contributed by atoms with Gasteiger partial charge in [0.25, 0.3) is 0 Å². The van der Waals surface area contributed by atoms with Gasteiger partial charge in [0.2, 0.25) is 6.29 Å². The largest absolute Gasteiger partial charge is 0.464 e. The number of methoxy groups -OCH3 is 1. The lowest BCUT2D eigenvalue weighted by Crippen LogP contribution is -2.33. The van der Waals surface area contributed by atoms with Crippen molar-refractivity contribution in [1.29, 1.82) is 0 Å². The van der Waals surface area contributed by atoms with Gasteiger partial charge in [0.1, 0.15) is 5.75 Å². The molecule has 0 heterocycles. The zero-order valence-corrected chi connectivity index (χ0v) is 13.2. The summed E-state index contributed by atoms with van der Waals surface area (Å²) in [7, 11) is 1.69. The highest BCUT2D eigenvalue weighted by atomic mass is 16.7. The van der Waals surface area contributed by atoms with E-state index < -0.39 is 0 Å². The molecular weight excluding hydrogens is 236 g/mol. The van der Waals surface area contributed by atoms with Crippen molar-refractivity contribution in [1.82, 2.24) is 0 Å². The molecule has 1 atom stereocenters. The van der Waals surface area contributed by atoms with Crippen molar-refractivity contribution < 1.29 is 9.47 Å². The van der Waals surface area contributed by atoms with Crippen LogP contribution in [0.3, 0.4) is 0 Å². The van der Waals surface area contributed by atoms with Gasteiger partial charge in [0.15, 0.2) is 0 Å². The third-order valence-corrected chi connectivity index (χ3v) is 3.10. The molecule has 0 saturated carbocycles. The van der Waals surface area contributed by atoms with E-state index in [2.05, 4.69) is 46.8 Å². The molecule has 0 aliphatic rings. The van der Waals surface area contributed by atoms with Gasteiger partial charge in [-0.1, -0.05) is 46.8 Å². The van der Waals surface area contributed by atoms with E-state index in [1.54, 1.807) is 7.11 Å². The topological polar surface area (TPSA) is 18.5 Å². The molecule has 0 N–H and O–H groups in total. The van der Waals surface area contributed by atoms with Crippen molar-refractivity contribution in [3.05, 3.63) is 29.8 Å². The Kier molecular flexibility index (Phi) is 5.86. The molecule has 2 heteroatoms. The molecule has 0 bridgehead atoms. The van der Waals surface area contributed by atoms with Gasteiger partial charge in [-0.2, -0.15) is 0 Å². The first kappa shape index (κ1) is 16.0. The minimum absolute atomic E-state index is 0.0366. The maximum Gasteiger partial charge on any atom is 0.204 e. The first-order valence-electron chi connectivity index (χ1n) is 7.11. The summed E-state index contributed by atoms with van der Waals surface area (Å²) in [6, 6.07) is 8.36. The SMILES string of the molecule is COC(Oc1ccc(CCC(C)C)cc1)C(C)(C)C. The average Bonchev–Trinajstić information content (AvgIpc) is 2.33. The minimum Gasteiger partial charge on any atom is -0.464 e. The first-order chi connectivity index (χ1) is 8.82. The predicted octanol–water partition coefficient (Wildman–Crippen LogP) is 4.67. The third-order valence-electron chi connectivity index (χ3n) is 3.10. The predicted molar refractivity (Wildman–Crippen MR) is 80.5 cm³/mol. The minimum atomic E-state index is -0.228. The quantitative estimate of drug-likeness (QED) is 0.695. The molecule has 0 radical (unpaired) electrons. The molecule has 0 aliphatic carbocycles. The average molecular weight is 264 g/mol. The summed E-state index contributed by atoms with van der Waals surface area (Å²) in [5.41, 5.74) is 1.33. The smallest absolute Gasteiger partial charge is 0.204 e. The number of hydrogen-bond donors (Lipinski definition) is 0. The van der Waals surface area contributed by atoms with Crippen molar-refractivity contribution in [3.8, 4) is 5.75 Å². The van der Waals surface area contributed by atoms with Crippen molar-refractivity contribution in [3.63, 3.8) is 0 Å². The Labute approximate surface area is 118 Å². The highest BCUT2D eigenvalue weighted by Gasteiger charge is 2.26. The van der Waals surface area contributed by atoms with Crippen LogP contribution in [-0.2, 0) is 11.2 Å². The van der Waals surface area contributed by atoms with Crippen LogP contribution in [0.1, 0.15) is 46.6 Å². The van der Waals surface area contributed by atoms with Crippen LogP contribution in [0.2, 0.25) is 0 Å². The lowest BCUT2D eigenvalue weighted by molar-refractivity contribution is -0.120. The lowest BCUT2D eigenvalue weighted by Gasteiger charge is -2.29. The summed E-state index contributed by atoms with van der Waals surface area (Å²) in [6.45, 7) is 10.8. The number of aryl methyl sites for hydroxylation is 1. The number of ether oxygens (including phenoxy) is 2. The van der Waals surface area contributed by atoms with Gasteiger partial charge in [0.05, 0.1) is 0 Å². The number of hydrogen-bond acceptors (Lipinski definition) is 2. The fourth-order valence-electron chi connectivity index (χ4n) is 1.89. The van der Waals surface area contributed by atoms with E-state index in [9.17, 15) is 0 Å². The number of benzene rings is 1. The van der Waals surface area contributed by atoms with Gasteiger partial charge in [-0.25, -0.2) is 0 Å². The Hall–Kier alpha value is -1.02. The Balaban J connectivity index is 2.61. The highest BCUT2D eigenvalue weighted by molar-refractivity contribution is 5.27. The van der Waals surface area contributed by atoms with E-state index in [0.29, 0.717) is 0 Å². The van der Waals surface area contributed by atoms with Crippen LogP contribution in [0.15, 0.2) is 24.3 Å². The molecule has 108 valence electrons. The van der Waals surface area contributed by atoms with Gasteiger partial charge in [-0.15, -0.1) is 0 Å². The van der Waals surface area contributed by atoms with Gasteiger partial charge < -0.3 is 9.47 Å².